The zero-order valence-corrected chi connectivity index (χ0v) is 16.9. The third-order valence-electron chi connectivity index (χ3n) is 4.49. The molecule has 0 saturated carbocycles. The number of likely N-dealkylation sites (tertiary alicyclic amines) is 1. The van der Waals surface area contributed by atoms with E-state index in [-0.39, 0.29) is 35.6 Å². The molecule has 1 aromatic heterocycles. The van der Waals surface area contributed by atoms with Crippen LogP contribution in [0.5, 0.6) is 0 Å². The second-order valence-corrected chi connectivity index (χ2v) is 8.13. The molecule has 0 aliphatic carbocycles. The molecule has 2 heterocycles. The van der Waals surface area contributed by atoms with Crippen LogP contribution >= 0.6 is 0 Å². The number of amides is 2. The number of halogens is 3. The molecule has 30 heavy (non-hydrogen) atoms. The summed E-state index contributed by atoms with van der Waals surface area (Å²) in [6.45, 7) is 5.98. The van der Waals surface area contributed by atoms with Gasteiger partial charge in [-0.15, -0.1) is 0 Å². The number of nitrogens with one attached hydrogen (secondary N) is 1. The van der Waals surface area contributed by atoms with Crippen molar-refractivity contribution in [3.63, 3.8) is 0 Å². The van der Waals surface area contributed by atoms with Crippen LogP contribution in [-0.2, 0) is 10.9 Å². The van der Waals surface area contributed by atoms with Crippen LogP contribution < -0.4 is 5.32 Å². The van der Waals surface area contributed by atoms with E-state index in [0.29, 0.717) is 13.0 Å². The Morgan fingerprint density at radius 2 is 1.90 bits per heavy atom. The molecular weight excluding hydrogens is 401 g/mol. The summed E-state index contributed by atoms with van der Waals surface area (Å²) in [5.41, 5.74) is -1.18. The quantitative estimate of drug-likeness (QED) is 0.775. The second kappa shape index (κ2) is 8.04. The van der Waals surface area contributed by atoms with Gasteiger partial charge in [-0.3, -0.25) is 4.79 Å². The standard InChI is InChI=1S/C21H23F3N2O4/c1-20(2,3)30-19(28)25-15-9-10-26(12-15)18(27)17-8-7-16(29-17)13-5-4-6-14(11-13)21(22,23)24/h4-8,11,15H,9-10,12H2,1-3H3,(H,25,28). The van der Waals surface area contributed by atoms with Crippen molar-refractivity contribution in [2.45, 2.75) is 45.0 Å². The first-order chi connectivity index (χ1) is 13.9. The topological polar surface area (TPSA) is 71.8 Å². The number of carbonyl (C=O) groups excluding carboxylic acids is 2. The molecule has 1 fully saturated rings. The Kier molecular flexibility index (Phi) is 5.83. The van der Waals surface area contributed by atoms with Gasteiger partial charge in [-0.05, 0) is 51.5 Å². The highest BCUT2D eigenvalue weighted by Gasteiger charge is 2.32. The summed E-state index contributed by atoms with van der Waals surface area (Å²) in [6, 6.07) is 7.38. The molecule has 162 valence electrons. The van der Waals surface area contributed by atoms with E-state index in [1.54, 1.807) is 20.8 Å². The maximum atomic E-state index is 12.9. The normalized spacial score (nSPS) is 17.1. The Balaban J connectivity index is 1.64. The van der Waals surface area contributed by atoms with Crippen LogP contribution in [0.3, 0.4) is 0 Å². The molecule has 1 saturated heterocycles. The van der Waals surface area contributed by atoms with E-state index in [9.17, 15) is 22.8 Å². The molecule has 2 aromatic rings. The average Bonchev–Trinajstić information content (AvgIpc) is 3.28. The summed E-state index contributed by atoms with van der Waals surface area (Å²) in [6.07, 6.45) is -4.45. The third kappa shape index (κ3) is 5.34. The average molecular weight is 424 g/mol. The number of alkyl halides is 3. The number of hydrogen-bond donors (Lipinski definition) is 1. The van der Waals surface area contributed by atoms with Crippen LogP contribution in [0.2, 0.25) is 0 Å². The lowest BCUT2D eigenvalue weighted by atomic mass is 10.1. The van der Waals surface area contributed by atoms with Crippen molar-refractivity contribution in [1.29, 1.82) is 0 Å². The van der Waals surface area contributed by atoms with Gasteiger partial charge in [0.05, 0.1) is 11.6 Å². The molecule has 9 heteroatoms. The summed E-state index contributed by atoms with van der Waals surface area (Å²) < 4.78 is 49.5. The summed E-state index contributed by atoms with van der Waals surface area (Å²) in [7, 11) is 0. The summed E-state index contributed by atoms with van der Waals surface area (Å²) in [5, 5.41) is 2.73. The van der Waals surface area contributed by atoms with E-state index in [2.05, 4.69) is 5.32 Å². The van der Waals surface area contributed by atoms with Crippen molar-refractivity contribution in [2.75, 3.05) is 13.1 Å². The number of benzene rings is 1. The number of hydrogen-bond acceptors (Lipinski definition) is 4. The Hall–Kier alpha value is -2.97. The molecule has 1 atom stereocenters. The van der Waals surface area contributed by atoms with Gasteiger partial charge in [0.15, 0.2) is 5.76 Å². The van der Waals surface area contributed by atoms with Crippen molar-refractivity contribution in [3.05, 3.63) is 47.7 Å². The van der Waals surface area contributed by atoms with Gasteiger partial charge < -0.3 is 19.4 Å². The summed E-state index contributed by atoms with van der Waals surface area (Å²) in [4.78, 5) is 26.1. The van der Waals surface area contributed by atoms with Crippen LogP contribution in [-0.4, -0.2) is 41.6 Å². The van der Waals surface area contributed by atoms with Crippen LogP contribution in [0.1, 0.15) is 43.3 Å². The number of alkyl carbamates (subject to hydrolysis) is 1. The molecule has 1 aliphatic heterocycles. The summed E-state index contributed by atoms with van der Waals surface area (Å²) >= 11 is 0. The Bertz CT molecular complexity index is 931. The molecular formula is C21H23F3N2O4. The van der Waals surface area contributed by atoms with Crippen molar-refractivity contribution in [1.82, 2.24) is 10.2 Å². The van der Waals surface area contributed by atoms with Gasteiger partial charge >= 0.3 is 12.3 Å². The van der Waals surface area contributed by atoms with Gasteiger partial charge in [0.1, 0.15) is 11.4 Å². The minimum Gasteiger partial charge on any atom is -0.451 e. The fourth-order valence-corrected chi connectivity index (χ4v) is 3.15. The number of carbonyl (C=O) groups is 2. The second-order valence-electron chi connectivity index (χ2n) is 8.13. The first-order valence-corrected chi connectivity index (χ1v) is 9.48. The minimum atomic E-state index is -4.47. The van der Waals surface area contributed by atoms with Crippen molar-refractivity contribution in [3.8, 4) is 11.3 Å². The molecule has 0 spiro atoms. The van der Waals surface area contributed by atoms with Crippen LogP contribution in [0.4, 0.5) is 18.0 Å². The van der Waals surface area contributed by atoms with Gasteiger partial charge in [-0.25, -0.2) is 4.79 Å². The van der Waals surface area contributed by atoms with E-state index in [1.165, 1.54) is 29.2 Å². The van der Waals surface area contributed by atoms with E-state index < -0.39 is 23.4 Å². The lowest BCUT2D eigenvalue weighted by molar-refractivity contribution is -0.137. The van der Waals surface area contributed by atoms with Crippen LogP contribution in [0.25, 0.3) is 11.3 Å². The van der Waals surface area contributed by atoms with Crippen LogP contribution in [0, 0.1) is 0 Å². The Labute approximate surface area is 172 Å². The predicted molar refractivity (Wildman–Crippen MR) is 103 cm³/mol. The van der Waals surface area contributed by atoms with Crippen molar-refractivity contribution >= 4 is 12.0 Å². The first-order valence-electron chi connectivity index (χ1n) is 9.48. The number of furan rings is 1. The van der Waals surface area contributed by atoms with Crippen LogP contribution in [0.15, 0.2) is 40.8 Å². The van der Waals surface area contributed by atoms with Gasteiger partial charge in [0.2, 0.25) is 0 Å². The third-order valence-corrected chi connectivity index (χ3v) is 4.49. The maximum Gasteiger partial charge on any atom is 0.416 e. The predicted octanol–water partition coefficient (Wildman–Crippen LogP) is 4.70. The molecule has 1 aliphatic rings. The molecule has 1 unspecified atom stereocenters. The SMILES string of the molecule is CC(C)(C)OC(=O)NC1CCN(C(=O)c2ccc(-c3cccc(C(F)(F)F)c3)o2)C1. The molecule has 6 nitrogen and oxygen atoms in total. The van der Waals surface area contributed by atoms with E-state index in [1.807, 2.05) is 0 Å². The molecule has 1 N–H and O–H groups in total. The zero-order valence-electron chi connectivity index (χ0n) is 16.9. The number of rotatable bonds is 3. The number of ether oxygens (including phenoxy) is 1. The van der Waals surface area contributed by atoms with Crippen molar-refractivity contribution < 1.29 is 31.9 Å². The van der Waals surface area contributed by atoms with E-state index >= 15 is 0 Å². The van der Waals surface area contributed by atoms with Crippen molar-refractivity contribution in [2.24, 2.45) is 0 Å². The van der Waals surface area contributed by atoms with E-state index in [0.717, 1.165) is 12.1 Å². The zero-order chi connectivity index (χ0) is 22.1. The highest BCUT2D eigenvalue weighted by atomic mass is 19.4. The fraction of sp³-hybridized carbons (Fsp3) is 0.429. The minimum absolute atomic E-state index is 0.0281. The maximum absolute atomic E-state index is 12.9. The highest BCUT2D eigenvalue weighted by molar-refractivity contribution is 5.92. The van der Waals surface area contributed by atoms with Gasteiger partial charge in [-0.1, -0.05) is 12.1 Å². The number of nitrogens with zero attached hydrogens (tertiary/aromatic N) is 1. The molecule has 0 bridgehead atoms. The van der Waals surface area contributed by atoms with Gasteiger partial charge in [0, 0.05) is 18.7 Å². The molecule has 0 radical (unpaired) electrons. The highest BCUT2D eigenvalue weighted by Crippen LogP contribution is 2.33. The fourth-order valence-electron chi connectivity index (χ4n) is 3.15. The summed E-state index contributed by atoms with van der Waals surface area (Å²) in [5.74, 6) is -0.186. The van der Waals surface area contributed by atoms with Gasteiger partial charge in [0.25, 0.3) is 5.91 Å². The first kappa shape index (κ1) is 21.7. The molecule has 3 rings (SSSR count). The largest absolute Gasteiger partial charge is 0.451 e. The molecule has 2 amide bonds. The smallest absolute Gasteiger partial charge is 0.416 e. The lowest BCUT2D eigenvalue weighted by Crippen LogP contribution is -2.41. The van der Waals surface area contributed by atoms with Gasteiger partial charge in [-0.2, -0.15) is 13.2 Å². The lowest BCUT2D eigenvalue weighted by Gasteiger charge is -2.21. The van der Waals surface area contributed by atoms with E-state index in [4.69, 9.17) is 9.15 Å². The molecule has 1 aromatic carbocycles. The Morgan fingerprint density at radius 3 is 2.57 bits per heavy atom. The Morgan fingerprint density at radius 1 is 1.17 bits per heavy atom. The monoisotopic (exact) mass is 424 g/mol.